The van der Waals surface area contributed by atoms with E-state index in [9.17, 15) is 0 Å². The van der Waals surface area contributed by atoms with Gasteiger partial charge in [-0.3, -0.25) is 0 Å². The summed E-state index contributed by atoms with van der Waals surface area (Å²) in [7, 11) is 0. The van der Waals surface area contributed by atoms with Gasteiger partial charge in [0.05, 0.1) is 0 Å². The molecule has 0 amide bonds. The number of nitrogens with two attached hydrogens (primary N) is 1. The van der Waals surface area contributed by atoms with E-state index in [1.807, 2.05) is 6.08 Å². The van der Waals surface area contributed by atoms with Gasteiger partial charge < -0.3 is 5.73 Å². The maximum Gasteiger partial charge on any atom is 0.0152 e. The minimum atomic E-state index is 0.972. The molecule has 1 aliphatic carbocycles. The quantitative estimate of drug-likeness (QED) is 0.596. The molecule has 0 saturated carbocycles. The lowest BCUT2D eigenvalue weighted by Gasteiger charge is -2.03. The Morgan fingerprint density at radius 2 is 2.38 bits per heavy atom. The van der Waals surface area contributed by atoms with Crippen LogP contribution in [0.5, 0.6) is 0 Å². The molecular weight excluding hydrogens is 166 g/mol. The highest BCUT2D eigenvalue weighted by molar-refractivity contribution is 9.11. The number of allylic oxidation sites excluding steroid dienone is 4. The molecule has 0 aromatic heterocycles. The number of hydrogen-bond acceptors (Lipinski definition) is 1. The Hall–Kier alpha value is -0.240. The number of halogens is 1. The lowest BCUT2D eigenvalue weighted by molar-refractivity contribution is 0.942. The summed E-state index contributed by atoms with van der Waals surface area (Å²) in [5, 5.41) is 0. The lowest BCUT2D eigenvalue weighted by Crippen LogP contribution is -1.98. The van der Waals surface area contributed by atoms with E-state index < -0.39 is 0 Å². The van der Waals surface area contributed by atoms with Crippen molar-refractivity contribution >= 4 is 15.9 Å². The van der Waals surface area contributed by atoms with Crippen LogP contribution >= 0.6 is 15.9 Å². The first kappa shape index (κ1) is 5.89. The molecule has 0 aliphatic heterocycles. The van der Waals surface area contributed by atoms with Gasteiger partial charge in [-0.15, -0.1) is 0 Å². The zero-order valence-corrected chi connectivity index (χ0v) is 6.11. The maximum atomic E-state index is 5.52. The Bertz CT molecular complexity index is 147. The first-order valence-electron chi connectivity index (χ1n) is 2.61. The van der Waals surface area contributed by atoms with Crippen molar-refractivity contribution in [1.82, 2.24) is 0 Å². The van der Waals surface area contributed by atoms with Crippen LogP contribution in [-0.2, 0) is 0 Å². The van der Waals surface area contributed by atoms with Crippen molar-refractivity contribution in [1.29, 1.82) is 0 Å². The first-order chi connectivity index (χ1) is 3.79. The van der Waals surface area contributed by atoms with Gasteiger partial charge in [0.15, 0.2) is 0 Å². The maximum absolute atomic E-state index is 5.52. The van der Waals surface area contributed by atoms with Crippen LogP contribution in [-0.4, -0.2) is 0 Å². The summed E-state index contributed by atoms with van der Waals surface area (Å²) in [6, 6.07) is 0. The molecule has 0 unspecified atom stereocenters. The molecular formula is C6H8BrN. The molecule has 0 aromatic rings. The highest BCUT2D eigenvalue weighted by Crippen LogP contribution is 2.17. The second kappa shape index (κ2) is 2.35. The highest BCUT2D eigenvalue weighted by atomic mass is 79.9. The van der Waals surface area contributed by atoms with Crippen molar-refractivity contribution in [2.24, 2.45) is 5.73 Å². The predicted molar refractivity (Wildman–Crippen MR) is 38.5 cm³/mol. The fourth-order valence-corrected chi connectivity index (χ4v) is 1.21. The van der Waals surface area contributed by atoms with E-state index >= 15 is 0 Å². The average Bonchev–Trinajstić information content (AvgIpc) is 1.64. The monoisotopic (exact) mass is 173 g/mol. The summed E-state index contributed by atoms with van der Waals surface area (Å²) < 4.78 is 1.11. The normalized spacial score (nSPS) is 19.6. The van der Waals surface area contributed by atoms with E-state index in [1.165, 1.54) is 0 Å². The molecule has 0 heterocycles. The summed E-state index contributed by atoms with van der Waals surface area (Å²) in [6.45, 7) is 0. The van der Waals surface area contributed by atoms with E-state index in [4.69, 9.17) is 5.73 Å². The van der Waals surface area contributed by atoms with Crippen molar-refractivity contribution in [2.75, 3.05) is 0 Å². The van der Waals surface area contributed by atoms with Gasteiger partial charge in [-0.05, 0) is 18.9 Å². The highest BCUT2D eigenvalue weighted by Gasteiger charge is 1.96. The third-order valence-corrected chi connectivity index (χ3v) is 1.65. The van der Waals surface area contributed by atoms with Gasteiger partial charge in [-0.2, -0.15) is 0 Å². The van der Waals surface area contributed by atoms with Crippen LogP contribution in [0, 0.1) is 0 Å². The van der Waals surface area contributed by atoms with Crippen molar-refractivity contribution in [3.63, 3.8) is 0 Å². The van der Waals surface area contributed by atoms with Crippen LogP contribution in [0.4, 0.5) is 0 Å². The molecule has 0 bridgehead atoms. The Morgan fingerprint density at radius 1 is 1.62 bits per heavy atom. The van der Waals surface area contributed by atoms with Crippen molar-refractivity contribution in [3.05, 3.63) is 22.3 Å². The molecule has 2 N–H and O–H groups in total. The van der Waals surface area contributed by atoms with Gasteiger partial charge in [0.25, 0.3) is 0 Å². The van der Waals surface area contributed by atoms with Crippen LogP contribution in [0.1, 0.15) is 12.8 Å². The second-order valence-corrected chi connectivity index (χ2v) is 2.76. The fourth-order valence-electron chi connectivity index (χ4n) is 0.685. The van der Waals surface area contributed by atoms with Crippen molar-refractivity contribution in [2.45, 2.75) is 12.8 Å². The first-order valence-corrected chi connectivity index (χ1v) is 3.40. The average molecular weight is 174 g/mol. The minimum absolute atomic E-state index is 0.972. The summed E-state index contributed by atoms with van der Waals surface area (Å²) in [5.41, 5.74) is 6.49. The van der Waals surface area contributed by atoms with Gasteiger partial charge in [0, 0.05) is 10.2 Å². The topological polar surface area (TPSA) is 26.0 Å². The van der Waals surface area contributed by atoms with E-state index in [1.54, 1.807) is 0 Å². The van der Waals surface area contributed by atoms with Gasteiger partial charge in [-0.1, -0.05) is 22.0 Å². The molecule has 0 aromatic carbocycles. The summed E-state index contributed by atoms with van der Waals surface area (Å²) in [4.78, 5) is 0. The van der Waals surface area contributed by atoms with Crippen LogP contribution in [0.15, 0.2) is 22.3 Å². The van der Waals surface area contributed by atoms with E-state index in [0.29, 0.717) is 0 Å². The van der Waals surface area contributed by atoms with Crippen LogP contribution in [0.25, 0.3) is 0 Å². The fraction of sp³-hybridized carbons (Fsp3) is 0.333. The molecule has 0 saturated heterocycles. The third kappa shape index (κ3) is 1.37. The zero-order valence-electron chi connectivity index (χ0n) is 4.52. The Labute approximate surface area is 57.4 Å². The van der Waals surface area contributed by atoms with E-state index in [-0.39, 0.29) is 0 Å². The molecule has 8 heavy (non-hydrogen) atoms. The van der Waals surface area contributed by atoms with Gasteiger partial charge >= 0.3 is 0 Å². The number of hydrogen-bond donors (Lipinski definition) is 1. The zero-order chi connectivity index (χ0) is 5.98. The van der Waals surface area contributed by atoms with E-state index in [0.717, 1.165) is 23.0 Å². The third-order valence-electron chi connectivity index (χ3n) is 1.10. The molecule has 2 heteroatoms. The van der Waals surface area contributed by atoms with Crippen molar-refractivity contribution in [3.8, 4) is 0 Å². The van der Waals surface area contributed by atoms with Crippen LogP contribution in [0.3, 0.4) is 0 Å². The Kier molecular flexibility index (Phi) is 1.73. The van der Waals surface area contributed by atoms with Crippen LogP contribution in [0.2, 0.25) is 0 Å². The molecule has 0 atom stereocenters. The van der Waals surface area contributed by atoms with Crippen LogP contribution < -0.4 is 5.73 Å². The van der Waals surface area contributed by atoms with Gasteiger partial charge in [0.2, 0.25) is 0 Å². The largest absolute Gasteiger partial charge is 0.402 e. The molecule has 1 rings (SSSR count). The van der Waals surface area contributed by atoms with Gasteiger partial charge in [0.1, 0.15) is 0 Å². The lowest BCUT2D eigenvalue weighted by atomic mass is 10.1. The molecule has 0 radical (unpaired) electrons. The molecule has 1 nitrogen and oxygen atoms in total. The molecule has 0 fully saturated rings. The van der Waals surface area contributed by atoms with E-state index in [2.05, 4.69) is 22.0 Å². The second-order valence-electron chi connectivity index (χ2n) is 1.85. The summed E-state index contributed by atoms with van der Waals surface area (Å²) in [6.07, 6.45) is 6.15. The Morgan fingerprint density at radius 3 is 2.75 bits per heavy atom. The summed E-state index contributed by atoms with van der Waals surface area (Å²) in [5.74, 6) is 0. The smallest absolute Gasteiger partial charge is 0.0152 e. The number of rotatable bonds is 0. The predicted octanol–water partition coefficient (Wildman–Crippen LogP) is 1.90. The standard InChI is InChI=1S/C6H8BrN/c7-5-2-1-3-6(8)4-5/h2,4H,1,3,8H2. The SMILES string of the molecule is NC1=CC(Br)=CCC1. The van der Waals surface area contributed by atoms with Gasteiger partial charge in [-0.25, -0.2) is 0 Å². The molecule has 44 valence electrons. The molecule has 1 aliphatic rings. The van der Waals surface area contributed by atoms with Crippen molar-refractivity contribution < 1.29 is 0 Å². The minimum Gasteiger partial charge on any atom is -0.402 e. The Balaban J connectivity index is 2.69. The summed E-state index contributed by atoms with van der Waals surface area (Å²) >= 11 is 3.33. The molecule has 0 spiro atoms.